The van der Waals surface area contributed by atoms with Gasteiger partial charge < -0.3 is 15.7 Å². The van der Waals surface area contributed by atoms with Crippen molar-refractivity contribution in [1.29, 1.82) is 0 Å². The van der Waals surface area contributed by atoms with Gasteiger partial charge in [-0.2, -0.15) is 0 Å². The summed E-state index contributed by atoms with van der Waals surface area (Å²) in [6, 6.07) is 0. The second-order valence-electron chi connectivity index (χ2n) is 5.29. The molecule has 0 bridgehead atoms. The smallest absolute Gasteiger partial charge is 0.307 e. The molecule has 116 valence electrons. The van der Waals surface area contributed by atoms with Gasteiger partial charge in [0.1, 0.15) is 0 Å². The largest absolute Gasteiger partial charge is 0.481 e. The SMILES string of the molecule is CCC(CC(=O)Nc1ncc(C2CCNCC2)s1)C(=O)O. The summed E-state index contributed by atoms with van der Waals surface area (Å²) in [6.45, 7) is 3.80. The number of nitrogens with one attached hydrogen (secondary N) is 2. The van der Waals surface area contributed by atoms with Gasteiger partial charge in [-0.3, -0.25) is 9.59 Å². The molecule has 2 heterocycles. The first-order valence-electron chi connectivity index (χ1n) is 7.29. The molecule has 1 aliphatic rings. The number of thiazole rings is 1. The summed E-state index contributed by atoms with van der Waals surface area (Å²) in [5.74, 6) is -1.33. The van der Waals surface area contributed by atoms with Gasteiger partial charge in [0, 0.05) is 17.5 Å². The zero-order valence-corrected chi connectivity index (χ0v) is 12.9. The van der Waals surface area contributed by atoms with Crippen LogP contribution in [-0.4, -0.2) is 35.1 Å². The maximum absolute atomic E-state index is 11.9. The van der Waals surface area contributed by atoms with Gasteiger partial charge in [0.05, 0.1) is 5.92 Å². The predicted octanol–water partition coefficient (Wildman–Crippen LogP) is 2.05. The van der Waals surface area contributed by atoms with Gasteiger partial charge in [-0.1, -0.05) is 6.92 Å². The van der Waals surface area contributed by atoms with E-state index in [9.17, 15) is 9.59 Å². The highest BCUT2D eigenvalue weighted by molar-refractivity contribution is 7.15. The Labute approximate surface area is 128 Å². The highest BCUT2D eigenvalue weighted by Crippen LogP contribution is 2.31. The molecule has 21 heavy (non-hydrogen) atoms. The van der Waals surface area contributed by atoms with Crippen LogP contribution in [0.4, 0.5) is 5.13 Å². The second-order valence-corrected chi connectivity index (χ2v) is 6.35. The van der Waals surface area contributed by atoms with Gasteiger partial charge in [0.15, 0.2) is 5.13 Å². The van der Waals surface area contributed by atoms with Gasteiger partial charge in [-0.25, -0.2) is 4.98 Å². The standard InChI is InChI=1S/C14H21N3O3S/c1-2-9(13(19)20)7-12(18)17-14-16-8-11(21-14)10-3-5-15-6-4-10/h8-10,15H,2-7H2,1H3,(H,19,20)(H,16,17,18). The minimum absolute atomic E-state index is 0.00586. The van der Waals surface area contributed by atoms with Crippen molar-refractivity contribution < 1.29 is 14.7 Å². The van der Waals surface area contributed by atoms with Crippen LogP contribution in [0.5, 0.6) is 0 Å². The van der Waals surface area contributed by atoms with Crippen LogP contribution in [0, 0.1) is 5.92 Å². The highest BCUT2D eigenvalue weighted by Gasteiger charge is 2.21. The van der Waals surface area contributed by atoms with Crippen molar-refractivity contribution in [2.45, 2.75) is 38.5 Å². The van der Waals surface area contributed by atoms with E-state index in [1.54, 1.807) is 6.92 Å². The molecular weight excluding hydrogens is 290 g/mol. The number of carboxylic acid groups (broad SMARTS) is 1. The van der Waals surface area contributed by atoms with Crippen LogP contribution in [-0.2, 0) is 9.59 Å². The lowest BCUT2D eigenvalue weighted by Gasteiger charge is -2.20. The third-order valence-corrected chi connectivity index (χ3v) is 4.86. The first kappa shape index (κ1) is 15.9. The number of anilines is 1. The molecule has 1 aromatic heterocycles. The van der Waals surface area contributed by atoms with E-state index in [0.717, 1.165) is 25.9 Å². The van der Waals surface area contributed by atoms with Crippen molar-refractivity contribution in [2.75, 3.05) is 18.4 Å². The van der Waals surface area contributed by atoms with E-state index in [1.165, 1.54) is 16.2 Å². The third-order valence-electron chi connectivity index (χ3n) is 3.79. The van der Waals surface area contributed by atoms with Crippen LogP contribution in [0.25, 0.3) is 0 Å². The van der Waals surface area contributed by atoms with Gasteiger partial charge in [0.25, 0.3) is 0 Å². The normalized spacial score (nSPS) is 17.4. The molecule has 2 rings (SSSR count). The molecule has 1 amide bonds. The summed E-state index contributed by atoms with van der Waals surface area (Å²) in [7, 11) is 0. The molecule has 0 aliphatic carbocycles. The number of amides is 1. The topological polar surface area (TPSA) is 91.3 Å². The maximum atomic E-state index is 11.9. The number of hydrogen-bond acceptors (Lipinski definition) is 5. The molecule has 6 nitrogen and oxygen atoms in total. The first-order chi connectivity index (χ1) is 10.1. The van der Waals surface area contributed by atoms with Gasteiger partial charge in [-0.15, -0.1) is 11.3 Å². The zero-order chi connectivity index (χ0) is 15.2. The number of rotatable bonds is 6. The summed E-state index contributed by atoms with van der Waals surface area (Å²) < 4.78 is 0. The Morgan fingerprint density at radius 3 is 2.86 bits per heavy atom. The molecule has 1 atom stereocenters. The Morgan fingerprint density at radius 2 is 2.24 bits per heavy atom. The minimum Gasteiger partial charge on any atom is -0.481 e. The third kappa shape index (κ3) is 4.50. The lowest BCUT2D eigenvalue weighted by molar-refractivity contribution is -0.143. The molecule has 1 fully saturated rings. The van der Waals surface area contributed by atoms with Crippen molar-refractivity contribution in [3.8, 4) is 0 Å². The average Bonchev–Trinajstić information content (AvgIpc) is 2.93. The first-order valence-corrected chi connectivity index (χ1v) is 8.11. The number of aliphatic carboxylic acids is 1. The van der Waals surface area contributed by atoms with E-state index >= 15 is 0 Å². The number of hydrogen-bond donors (Lipinski definition) is 3. The number of carbonyl (C=O) groups excluding carboxylic acids is 1. The van der Waals surface area contributed by atoms with Crippen molar-refractivity contribution in [1.82, 2.24) is 10.3 Å². The van der Waals surface area contributed by atoms with Crippen LogP contribution < -0.4 is 10.6 Å². The number of nitrogens with zero attached hydrogens (tertiary/aromatic N) is 1. The summed E-state index contributed by atoms with van der Waals surface area (Å²) in [5, 5.41) is 15.6. The Balaban J connectivity index is 1.89. The van der Waals surface area contributed by atoms with Crippen LogP contribution in [0.3, 0.4) is 0 Å². The zero-order valence-electron chi connectivity index (χ0n) is 12.1. The molecule has 7 heteroatoms. The Kier molecular flexibility index (Phi) is 5.69. The minimum atomic E-state index is -0.929. The van der Waals surface area contributed by atoms with Gasteiger partial charge >= 0.3 is 5.97 Å². The average molecular weight is 311 g/mol. The summed E-state index contributed by atoms with van der Waals surface area (Å²) >= 11 is 1.49. The fourth-order valence-electron chi connectivity index (χ4n) is 2.44. The Bertz CT molecular complexity index is 497. The number of carboxylic acids is 1. The molecule has 1 aromatic rings. The van der Waals surface area contributed by atoms with E-state index in [-0.39, 0.29) is 12.3 Å². The van der Waals surface area contributed by atoms with Crippen LogP contribution >= 0.6 is 11.3 Å². The highest BCUT2D eigenvalue weighted by atomic mass is 32.1. The van der Waals surface area contributed by atoms with Crippen LogP contribution in [0.15, 0.2) is 6.20 Å². The molecule has 1 unspecified atom stereocenters. The fourth-order valence-corrected chi connectivity index (χ4v) is 3.44. The van der Waals surface area contributed by atoms with Gasteiger partial charge in [-0.05, 0) is 38.3 Å². The maximum Gasteiger partial charge on any atom is 0.307 e. The second kappa shape index (κ2) is 7.51. The summed E-state index contributed by atoms with van der Waals surface area (Å²) in [4.78, 5) is 28.2. The lowest BCUT2D eigenvalue weighted by Crippen LogP contribution is -2.26. The van der Waals surface area contributed by atoms with Crippen LogP contribution in [0.1, 0.15) is 43.4 Å². The molecule has 0 aromatic carbocycles. The van der Waals surface area contributed by atoms with E-state index in [1.807, 2.05) is 6.20 Å². The molecular formula is C14H21N3O3S. The molecule has 0 spiro atoms. The van der Waals surface area contributed by atoms with Crippen molar-refractivity contribution in [3.63, 3.8) is 0 Å². The summed E-state index contributed by atoms with van der Waals surface area (Å²) in [5.41, 5.74) is 0. The van der Waals surface area contributed by atoms with E-state index in [4.69, 9.17) is 5.11 Å². The van der Waals surface area contributed by atoms with E-state index in [0.29, 0.717) is 17.5 Å². The predicted molar refractivity (Wildman–Crippen MR) is 81.6 cm³/mol. The molecule has 1 saturated heterocycles. The molecule has 0 radical (unpaired) electrons. The van der Waals surface area contributed by atoms with Gasteiger partial charge in [0.2, 0.25) is 5.91 Å². The fraction of sp³-hybridized carbons (Fsp3) is 0.643. The summed E-state index contributed by atoms with van der Waals surface area (Å²) in [6.07, 6.45) is 4.44. The lowest BCUT2D eigenvalue weighted by atomic mass is 9.97. The number of piperidine rings is 1. The monoisotopic (exact) mass is 311 g/mol. The quantitative estimate of drug-likeness (QED) is 0.748. The number of carbonyl (C=O) groups is 2. The van der Waals surface area contributed by atoms with Crippen LogP contribution in [0.2, 0.25) is 0 Å². The molecule has 1 aliphatic heterocycles. The van der Waals surface area contributed by atoms with E-state index < -0.39 is 11.9 Å². The number of aromatic nitrogens is 1. The van der Waals surface area contributed by atoms with Crippen molar-refractivity contribution in [2.24, 2.45) is 5.92 Å². The molecule has 0 saturated carbocycles. The Morgan fingerprint density at radius 1 is 1.52 bits per heavy atom. The molecule has 3 N–H and O–H groups in total. The van der Waals surface area contributed by atoms with E-state index in [2.05, 4.69) is 15.6 Å². The van der Waals surface area contributed by atoms with Crippen molar-refractivity contribution in [3.05, 3.63) is 11.1 Å². The van der Waals surface area contributed by atoms with Crippen molar-refractivity contribution >= 4 is 28.3 Å². The Hall–Kier alpha value is -1.47.